The number of rotatable bonds is 5. The highest BCUT2D eigenvalue weighted by molar-refractivity contribution is 5.80. The number of ether oxygens (including phenoxy) is 1. The molecular formula is C19H27N5O. The van der Waals surface area contributed by atoms with E-state index < -0.39 is 0 Å². The molecular weight excluding hydrogens is 314 g/mol. The highest BCUT2D eigenvalue weighted by atomic mass is 16.5. The van der Waals surface area contributed by atoms with Crippen LogP contribution < -0.4 is 10.6 Å². The summed E-state index contributed by atoms with van der Waals surface area (Å²) in [7, 11) is 3.57. The van der Waals surface area contributed by atoms with Gasteiger partial charge in [-0.15, -0.1) is 0 Å². The third-order valence-electron chi connectivity index (χ3n) is 5.10. The van der Waals surface area contributed by atoms with Crippen LogP contribution in [0.2, 0.25) is 0 Å². The van der Waals surface area contributed by atoms with E-state index in [1.54, 1.807) is 14.2 Å². The zero-order valence-corrected chi connectivity index (χ0v) is 15.4. The van der Waals surface area contributed by atoms with Gasteiger partial charge in [0, 0.05) is 31.8 Å². The molecule has 2 N–H and O–H groups in total. The first-order valence-corrected chi connectivity index (χ1v) is 8.64. The topological polar surface area (TPSA) is 63.5 Å². The van der Waals surface area contributed by atoms with Crippen molar-refractivity contribution < 1.29 is 4.74 Å². The van der Waals surface area contributed by atoms with Gasteiger partial charge in [0.15, 0.2) is 5.96 Å². The van der Waals surface area contributed by atoms with Crippen LogP contribution in [0.5, 0.6) is 0 Å². The first-order chi connectivity index (χ1) is 12.0. The molecule has 1 saturated carbocycles. The Morgan fingerprint density at radius 2 is 2.08 bits per heavy atom. The molecule has 2 atom stereocenters. The first-order valence-electron chi connectivity index (χ1n) is 8.64. The maximum absolute atomic E-state index is 5.51. The molecule has 6 heteroatoms. The zero-order chi connectivity index (χ0) is 17.9. The summed E-state index contributed by atoms with van der Waals surface area (Å²) in [6, 6.07) is 12.5. The van der Waals surface area contributed by atoms with Crippen LogP contribution in [0.15, 0.2) is 47.6 Å². The molecule has 2 aromatic rings. The van der Waals surface area contributed by atoms with Gasteiger partial charge in [-0.1, -0.05) is 32.0 Å². The van der Waals surface area contributed by atoms with Crippen molar-refractivity contribution in [1.29, 1.82) is 0 Å². The number of aromatic nitrogens is 2. The fraction of sp³-hybridized carbons (Fsp3) is 0.474. The van der Waals surface area contributed by atoms with Crippen molar-refractivity contribution in [3.63, 3.8) is 0 Å². The van der Waals surface area contributed by atoms with Gasteiger partial charge in [0.05, 0.1) is 24.0 Å². The fourth-order valence-electron chi connectivity index (χ4n) is 3.24. The quantitative estimate of drug-likeness (QED) is 0.647. The van der Waals surface area contributed by atoms with Crippen LogP contribution in [-0.4, -0.2) is 42.0 Å². The Balaban J connectivity index is 1.55. The largest absolute Gasteiger partial charge is 0.381 e. The van der Waals surface area contributed by atoms with Gasteiger partial charge in [0.25, 0.3) is 0 Å². The van der Waals surface area contributed by atoms with Crippen molar-refractivity contribution in [2.75, 3.05) is 14.2 Å². The van der Waals surface area contributed by atoms with Crippen LogP contribution in [0, 0.1) is 5.41 Å². The summed E-state index contributed by atoms with van der Waals surface area (Å²) >= 11 is 0. The Morgan fingerprint density at radius 3 is 2.72 bits per heavy atom. The molecule has 0 spiro atoms. The van der Waals surface area contributed by atoms with Gasteiger partial charge < -0.3 is 15.4 Å². The Labute approximate surface area is 149 Å². The van der Waals surface area contributed by atoms with Crippen LogP contribution in [0.1, 0.15) is 26.0 Å². The summed E-state index contributed by atoms with van der Waals surface area (Å²) in [5, 5.41) is 11.4. The van der Waals surface area contributed by atoms with Gasteiger partial charge in [-0.05, 0) is 24.6 Å². The van der Waals surface area contributed by atoms with E-state index in [0.717, 1.165) is 23.8 Å². The lowest BCUT2D eigenvalue weighted by atomic mass is 9.64. The van der Waals surface area contributed by atoms with Gasteiger partial charge in [-0.3, -0.25) is 4.99 Å². The second-order valence-electron chi connectivity index (χ2n) is 6.99. The molecule has 0 amide bonds. The number of para-hydroxylation sites is 1. The standard InChI is InChI=1S/C19H27N5O/c1-19(2)16(12-17(19)25-4)22-18(20-3)21-13-14-10-11-24(23-14)15-8-6-5-7-9-15/h5-11,16-17H,12-13H2,1-4H3,(H2,20,21,22). The molecule has 1 aliphatic carbocycles. The van der Waals surface area contributed by atoms with Crippen LogP contribution in [0.25, 0.3) is 5.69 Å². The number of guanidine groups is 1. The summed E-state index contributed by atoms with van der Waals surface area (Å²) in [5.41, 5.74) is 2.12. The van der Waals surface area contributed by atoms with Crippen molar-refractivity contribution in [2.45, 2.75) is 39.0 Å². The minimum absolute atomic E-state index is 0.0985. The Bertz CT molecular complexity index is 722. The highest BCUT2D eigenvalue weighted by Gasteiger charge is 2.48. The molecule has 0 saturated heterocycles. The third kappa shape index (κ3) is 3.69. The van der Waals surface area contributed by atoms with Crippen molar-refractivity contribution in [1.82, 2.24) is 20.4 Å². The van der Waals surface area contributed by atoms with E-state index in [9.17, 15) is 0 Å². The number of nitrogens with one attached hydrogen (secondary N) is 2. The molecule has 1 fully saturated rings. The summed E-state index contributed by atoms with van der Waals surface area (Å²) in [6.45, 7) is 5.06. The number of methoxy groups -OCH3 is 1. The first kappa shape index (κ1) is 17.5. The van der Waals surface area contributed by atoms with Gasteiger partial charge >= 0.3 is 0 Å². The van der Waals surface area contributed by atoms with E-state index in [-0.39, 0.29) is 5.41 Å². The third-order valence-corrected chi connectivity index (χ3v) is 5.10. The van der Waals surface area contributed by atoms with Crippen LogP contribution >= 0.6 is 0 Å². The Kier molecular flexibility index (Phi) is 5.08. The van der Waals surface area contributed by atoms with Gasteiger partial charge in [0.2, 0.25) is 0 Å². The Hall–Kier alpha value is -2.34. The van der Waals surface area contributed by atoms with E-state index in [0.29, 0.717) is 18.7 Å². The summed E-state index contributed by atoms with van der Waals surface area (Å²) in [4.78, 5) is 4.33. The molecule has 2 unspecified atom stereocenters. The van der Waals surface area contributed by atoms with Crippen molar-refractivity contribution in [3.8, 4) is 5.69 Å². The van der Waals surface area contributed by atoms with E-state index in [1.165, 1.54) is 0 Å². The molecule has 6 nitrogen and oxygen atoms in total. The molecule has 25 heavy (non-hydrogen) atoms. The second-order valence-corrected chi connectivity index (χ2v) is 6.99. The van der Waals surface area contributed by atoms with Gasteiger partial charge in [-0.25, -0.2) is 4.68 Å². The van der Waals surface area contributed by atoms with E-state index >= 15 is 0 Å². The number of hydrogen-bond acceptors (Lipinski definition) is 3. The average Bonchev–Trinajstić information content (AvgIpc) is 3.10. The van der Waals surface area contributed by atoms with E-state index in [1.807, 2.05) is 47.3 Å². The molecule has 0 aliphatic heterocycles. The minimum Gasteiger partial charge on any atom is -0.381 e. The van der Waals surface area contributed by atoms with E-state index in [4.69, 9.17) is 4.74 Å². The summed E-state index contributed by atoms with van der Waals surface area (Å²) in [6.07, 6.45) is 3.26. The Morgan fingerprint density at radius 1 is 1.32 bits per heavy atom. The summed E-state index contributed by atoms with van der Waals surface area (Å²) in [5.74, 6) is 0.793. The predicted octanol–water partition coefficient (Wildman–Crippen LogP) is 2.35. The van der Waals surface area contributed by atoms with E-state index in [2.05, 4.69) is 34.6 Å². The van der Waals surface area contributed by atoms with Gasteiger partial charge in [-0.2, -0.15) is 5.10 Å². The molecule has 134 valence electrons. The molecule has 0 bridgehead atoms. The lowest BCUT2D eigenvalue weighted by Gasteiger charge is -2.51. The van der Waals surface area contributed by atoms with Crippen LogP contribution in [-0.2, 0) is 11.3 Å². The predicted molar refractivity (Wildman–Crippen MR) is 99.9 cm³/mol. The SMILES string of the molecule is CN=C(NCc1ccn(-c2ccccc2)n1)NC1CC(OC)C1(C)C. The number of benzene rings is 1. The second kappa shape index (κ2) is 7.27. The zero-order valence-electron chi connectivity index (χ0n) is 15.4. The van der Waals surface area contributed by atoms with Crippen LogP contribution in [0.3, 0.4) is 0 Å². The monoisotopic (exact) mass is 341 g/mol. The molecule has 1 heterocycles. The average molecular weight is 341 g/mol. The molecule has 0 radical (unpaired) electrons. The lowest BCUT2D eigenvalue weighted by molar-refractivity contribution is -0.0922. The maximum atomic E-state index is 5.51. The molecule has 1 aromatic heterocycles. The fourth-order valence-corrected chi connectivity index (χ4v) is 3.24. The number of nitrogens with zero attached hydrogens (tertiary/aromatic N) is 3. The minimum atomic E-state index is 0.0985. The van der Waals surface area contributed by atoms with Crippen molar-refractivity contribution in [3.05, 3.63) is 48.3 Å². The smallest absolute Gasteiger partial charge is 0.191 e. The molecule has 1 aliphatic rings. The molecule has 3 rings (SSSR count). The molecule has 1 aromatic carbocycles. The van der Waals surface area contributed by atoms with Crippen molar-refractivity contribution in [2.24, 2.45) is 10.4 Å². The lowest BCUT2D eigenvalue weighted by Crippen LogP contribution is -2.63. The van der Waals surface area contributed by atoms with Gasteiger partial charge in [0.1, 0.15) is 0 Å². The number of hydrogen-bond donors (Lipinski definition) is 2. The summed E-state index contributed by atoms with van der Waals surface area (Å²) < 4.78 is 7.39. The van der Waals surface area contributed by atoms with Crippen LogP contribution in [0.4, 0.5) is 0 Å². The number of aliphatic imine (C=N–C) groups is 1. The normalized spacial score (nSPS) is 22.3. The maximum Gasteiger partial charge on any atom is 0.191 e. The highest BCUT2D eigenvalue weighted by Crippen LogP contribution is 2.42. The van der Waals surface area contributed by atoms with Crippen molar-refractivity contribution >= 4 is 5.96 Å².